The van der Waals surface area contributed by atoms with Gasteiger partial charge in [0.05, 0.1) is 17.2 Å². The molecule has 0 radical (unpaired) electrons. The van der Waals surface area contributed by atoms with E-state index in [0.29, 0.717) is 35.8 Å². The van der Waals surface area contributed by atoms with Gasteiger partial charge in [0.1, 0.15) is 0 Å². The van der Waals surface area contributed by atoms with Crippen LogP contribution in [0.25, 0.3) is 10.9 Å². The third kappa shape index (κ3) is 3.97. The molecule has 28 heavy (non-hydrogen) atoms. The van der Waals surface area contributed by atoms with Crippen LogP contribution < -0.4 is 5.56 Å². The van der Waals surface area contributed by atoms with E-state index >= 15 is 0 Å². The number of nitrogens with zero attached hydrogens (tertiary/aromatic N) is 4. The van der Waals surface area contributed by atoms with Gasteiger partial charge in [-0.15, -0.1) is 0 Å². The van der Waals surface area contributed by atoms with Crippen LogP contribution in [0.5, 0.6) is 0 Å². The number of para-hydroxylation sites is 1. The van der Waals surface area contributed by atoms with Crippen LogP contribution in [-0.2, 0) is 11.3 Å². The first-order valence-corrected chi connectivity index (χ1v) is 10.6. The molecule has 2 aromatic rings. The van der Waals surface area contributed by atoms with E-state index in [-0.39, 0.29) is 11.5 Å². The fraction of sp³-hybridized carbons (Fsp3) is 0.591. The fourth-order valence-electron chi connectivity index (χ4n) is 4.92. The van der Waals surface area contributed by atoms with Crippen molar-refractivity contribution < 1.29 is 4.79 Å². The summed E-state index contributed by atoms with van der Waals surface area (Å²) in [6.45, 7) is 3.64. The molecule has 0 N–H and O–H groups in total. The Morgan fingerprint density at radius 1 is 1.18 bits per heavy atom. The lowest BCUT2D eigenvalue weighted by Crippen LogP contribution is -2.51. The Balaban J connectivity index is 1.36. The van der Waals surface area contributed by atoms with E-state index in [9.17, 15) is 9.59 Å². The van der Waals surface area contributed by atoms with E-state index in [1.54, 1.807) is 17.0 Å². The van der Waals surface area contributed by atoms with Gasteiger partial charge in [-0.3, -0.25) is 14.2 Å². The quantitative estimate of drug-likeness (QED) is 0.797. The highest BCUT2D eigenvalue weighted by atomic mass is 16.2. The van der Waals surface area contributed by atoms with Crippen LogP contribution in [0, 0.1) is 5.92 Å². The SMILES string of the molecule is CN(C[C@@H]1CCCN2CCCC[C@H]12)C(=O)CCn1cnc2ccccc2c1=O. The van der Waals surface area contributed by atoms with Gasteiger partial charge >= 0.3 is 0 Å². The van der Waals surface area contributed by atoms with Crippen molar-refractivity contribution in [3.05, 3.63) is 40.9 Å². The Hall–Kier alpha value is -2.21. The number of hydrogen-bond acceptors (Lipinski definition) is 4. The van der Waals surface area contributed by atoms with Gasteiger partial charge < -0.3 is 9.80 Å². The Morgan fingerprint density at radius 2 is 2.00 bits per heavy atom. The van der Waals surface area contributed by atoms with Crippen molar-refractivity contribution in [1.82, 2.24) is 19.4 Å². The van der Waals surface area contributed by atoms with Crippen molar-refractivity contribution in [3.8, 4) is 0 Å². The number of carbonyl (C=O) groups is 1. The zero-order chi connectivity index (χ0) is 19.5. The Kier molecular flexibility index (Phi) is 5.76. The molecule has 0 unspecified atom stereocenters. The predicted octanol–water partition coefficient (Wildman–Crippen LogP) is 2.51. The van der Waals surface area contributed by atoms with Gasteiger partial charge in [-0.1, -0.05) is 18.6 Å². The minimum absolute atomic E-state index is 0.0776. The number of rotatable bonds is 5. The van der Waals surface area contributed by atoms with E-state index in [1.807, 2.05) is 30.1 Å². The summed E-state index contributed by atoms with van der Waals surface area (Å²) in [6.07, 6.45) is 8.23. The van der Waals surface area contributed by atoms with Crippen LogP contribution in [0.4, 0.5) is 0 Å². The van der Waals surface area contributed by atoms with Crippen LogP contribution in [0.15, 0.2) is 35.4 Å². The molecule has 0 saturated carbocycles. The van der Waals surface area contributed by atoms with Gasteiger partial charge in [0.15, 0.2) is 0 Å². The third-order valence-corrected chi connectivity index (χ3v) is 6.46. The van der Waals surface area contributed by atoms with E-state index in [4.69, 9.17) is 0 Å². The van der Waals surface area contributed by atoms with E-state index in [2.05, 4.69) is 9.88 Å². The molecule has 2 atom stereocenters. The highest BCUT2D eigenvalue weighted by Gasteiger charge is 2.33. The molecule has 4 rings (SSSR count). The maximum atomic E-state index is 12.7. The number of aromatic nitrogens is 2. The lowest BCUT2D eigenvalue weighted by atomic mass is 9.83. The Bertz CT molecular complexity index is 891. The largest absolute Gasteiger partial charge is 0.345 e. The number of fused-ring (bicyclic) bond motifs is 2. The number of benzene rings is 1. The molecule has 0 aliphatic carbocycles. The second kappa shape index (κ2) is 8.43. The molecule has 6 heteroatoms. The number of carbonyl (C=O) groups excluding carboxylic acids is 1. The van der Waals surface area contributed by atoms with Crippen LogP contribution in [0.2, 0.25) is 0 Å². The smallest absolute Gasteiger partial charge is 0.261 e. The minimum atomic E-state index is -0.0776. The number of aryl methyl sites for hydroxylation is 1. The number of hydrogen-bond donors (Lipinski definition) is 0. The van der Waals surface area contributed by atoms with Crippen molar-refractivity contribution in [3.63, 3.8) is 0 Å². The molecule has 1 amide bonds. The molecule has 6 nitrogen and oxygen atoms in total. The Labute approximate surface area is 166 Å². The van der Waals surface area contributed by atoms with Crippen molar-refractivity contribution in [1.29, 1.82) is 0 Å². The average Bonchev–Trinajstić information content (AvgIpc) is 2.73. The van der Waals surface area contributed by atoms with Gasteiger partial charge in [0.2, 0.25) is 5.91 Å². The summed E-state index contributed by atoms with van der Waals surface area (Å²) in [4.78, 5) is 34.1. The highest BCUT2D eigenvalue weighted by molar-refractivity contribution is 5.77. The summed E-state index contributed by atoms with van der Waals surface area (Å²) in [5.41, 5.74) is 0.618. The van der Waals surface area contributed by atoms with Crippen molar-refractivity contribution in [2.75, 3.05) is 26.7 Å². The minimum Gasteiger partial charge on any atom is -0.345 e. The summed E-state index contributed by atoms with van der Waals surface area (Å²) in [5, 5.41) is 0.602. The normalized spacial score (nSPS) is 22.8. The first kappa shape index (κ1) is 19.1. The molecule has 2 aliphatic heterocycles. The molecule has 1 aromatic heterocycles. The molecular formula is C22H30N4O2. The summed E-state index contributed by atoms with van der Waals surface area (Å²) in [6, 6.07) is 7.97. The second-order valence-electron chi connectivity index (χ2n) is 8.29. The van der Waals surface area contributed by atoms with E-state index in [0.717, 1.165) is 6.54 Å². The second-order valence-corrected chi connectivity index (χ2v) is 8.29. The maximum Gasteiger partial charge on any atom is 0.261 e. The fourth-order valence-corrected chi connectivity index (χ4v) is 4.92. The molecule has 0 spiro atoms. The maximum absolute atomic E-state index is 12.7. The lowest BCUT2D eigenvalue weighted by molar-refractivity contribution is -0.131. The molecule has 0 bridgehead atoms. The molecule has 1 aromatic carbocycles. The summed E-state index contributed by atoms with van der Waals surface area (Å²) >= 11 is 0. The Morgan fingerprint density at radius 3 is 2.89 bits per heavy atom. The van der Waals surface area contributed by atoms with Gasteiger partial charge in [-0.2, -0.15) is 0 Å². The number of amides is 1. The van der Waals surface area contributed by atoms with Crippen LogP contribution in [0.1, 0.15) is 38.5 Å². The van der Waals surface area contributed by atoms with Crippen molar-refractivity contribution >= 4 is 16.8 Å². The van der Waals surface area contributed by atoms with Crippen LogP contribution in [-0.4, -0.2) is 58.0 Å². The van der Waals surface area contributed by atoms with Crippen LogP contribution in [0.3, 0.4) is 0 Å². The standard InChI is InChI=1S/C22H30N4O2/c1-24(15-17-7-6-13-25-12-5-4-10-20(17)25)21(27)11-14-26-16-23-19-9-3-2-8-18(19)22(26)28/h2-3,8-9,16-17,20H,4-7,10-15H2,1H3/t17-,20+/m0/s1. The van der Waals surface area contributed by atoms with Crippen molar-refractivity contribution in [2.45, 2.75) is 51.1 Å². The van der Waals surface area contributed by atoms with E-state index < -0.39 is 0 Å². The van der Waals surface area contributed by atoms with Crippen molar-refractivity contribution in [2.24, 2.45) is 5.92 Å². The van der Waals surface area contributed by atoms with Gasteiger partial charge in [-0.05, 0) is 56.8 Å². The topological polar surface area (TPSA) is 58.4 Å². The summed E-state index contributed by atoms with van der Waals surface area (Å²) < 4.78 is 1.55. The summed E-state index contributed by atoms with van der Waals surface area (Å²) in [5.74, 6) is 0.682. The van der Waals surface area contributed by atoms with Gasteiger partial charge in [0, 0.05) is 32.6 Å². The molecule has 2 aliphatic rings. The average molecular weight is 383 g/mol. The lowest BCUT2D eigenvalue weighted by Gasteiger charge is -2.45. The predicted molar refractivity (Wildman–Crippen MR) is 110 cm³/mol. The molecular weight excluding hydrogens is 352 g/mol. The first-order chi connectivity index (χ1) is 13.6. The molecule has 150 valence electrons. The zero-order valence-electron chi connectivity index (χ0n) is 16.7. The number of piperidine rings is 2. The van der Waals surface area contributed by atoms with E-state index in [1.165, 1.54) is 45.2 Å². The molecule has 2 saturated heterocycles. The first-order valence-electron chi connectivity index (χ1n) is 10.6. The van der Waals surface area contributed by atoms with Crippen LogP contribution >= 0.6 is 0 Å². The summed E-state index contributed by atoms with van der Waals surface area (Å²) in [7, 11) is 1.91. The zero-order valence-corrected chi connectivity index (χ0v) is 16.7. The van der Waals surface area contributed by atoms with Gasteiger partial charge in [0.25, 0.3) is 5.56 Å². The molecule has 2 fully saturated rings. The monoisotopic (exact) mass is 382 g/mol. The van der Waals surface area contributed by atoms with Gasteiger partial charge in [-0.25, -0.2) is 4.98 Å². The highest BCUT2D eigenvalue weighted by Crippen LogP contribution is 2.31. The molecule has 3 heterocycles. The third-order valence-electron chi connectivity index (χ3n) is 6.46.